The third-order valence-electron chi connectivity index (χ3n) is 2.72. The highest BCUT2D eigenvalue weighted by Gasteiger charge is 2.13. The Kier molecular flexibility index (Phi) is 3.50. The van der Waals surface area contributed by atoms with Crippen LogP contribution in [-0.4, -0.2) is 6.66 Å². The lowest BCUT2D eigenvalue weighted by Gasteiger charge is -2.18. The molecule has 0 aliphatic heterocycles. The van der Waals surface area contributed by atoms with Crippen LogP contribution in [0.5, 0.6) is 0 Å². The molecule has 0 saturated carbocycles. The number of allylic oxidation sites excluding steroid dienone is 4. The van der Waals surface area contributed by atoms with Gasteiger partial charge >= 0.3 is 0 Å². The molecule has 0 heterocycles. The van der Waals surface area contributed by atoms with Crippen molar-refractivity contribution in [3.05, 3.63) is 53.4 Å². The quantitative estimate of drug-likeness (QED) is 0.680. The van der Waals surface area contributed by atoms with Crippen LogP contribution < -0.4 is 5.30 Å². The van der Waals surface area contributed by atoms with E-state index < -0.39 is 7.92 Å². The van der Waals surface area contributed by atoms with Crippen LogP contribution >= 0.6 is 7.92 Å². The number of hydrogen-bond donors (Lipinski definition) is 0. The van der Waals surface area contributed by atoms with E-state index in [4.69, 9.17) is 0 Å². The zero-order chi connectivity index (χ0) is 11.5. The maximum absolute atomic E-state index is 12.8. The summed E-state index contributed by atoms with van der Waals surface area (Å²) in [4.78, 5) is 0. The highest BCUT2D eigenvalue weighted by molar-refractivity contribution is 7.69. The fourth-order valence-electron chi connectivity index (χ4n) is 1.71. The average molecular weight is 238 g/mol. The molecule has 3 heteroatoms. The molecule has 1 unspecified atom stereocenters. The van der Waals surface area contributed by atoms with Crippen LogP contribution in [0.2, 0.25) is 0 Å². The molecule has 1 aromatic rings. The highest BCUT2D eigenvalue weighted by atomic mass is 31.1. The van der Waals surface area contributed by atoms with E-state index in [0.717, 1.165) is 11.7 Å². The summed E-state index contributed by atoms with van der Waals surface area (Å²) < 4.78 is 25.6. The van der Waals surface area contributed by atoms with Gasteiger partial charge in [0.15, 0.2) is 0 Å². The summed E-state index contributed by atoms with van der Waals surface area (Å²) >= 11 is 0. The third kappa shape index (κ3) is 2.56. The molecule has 1 aliphatic rings. The molecule has 1 atom stereocenters. The Morgan fingerprint density at radius 3 is 2.25 bits per heavy atom. The van der Waals surface area contributed by atoms with Gasteiger partial charge in [0.25, 0.3) is 0 Å². The zero-order valence-electron chi connectivity index (χ0n) is 9.08. The molecule has 1 aromatic carbocycles. The standard InChI is InChI=1S/C13H13F2P/c1-16(12-6-2-10(14)3-7-12)13-8-4-11(15)5-9-13/h2-4,6-8H,5,9H2,1H3. The molecule has 84 valence electrons. The van der Waals surface area contributed by atoms with E-state index in [2.05, 4.69) is 6.66 Å². The van der Waals surface area contributed by atoms with E-state index in [-0.39, 0.29) is 11.6 Å². The largest absolute Gasteiger partial charge is 0.212 e. The minimum atomic E-state index is -0.442. The Labute approximate surface area is 95.4 Å². The van der Waals surface area contributed by atoms with Gasteiger partial charge in [-0.25, -0.2) is 8.78 Å². The lowest BCUT2D eigenvalue weighted by atomic mass is 10.2. The number of rotatable bonds is 2. The van der Waals surface area contributed by atoms with Gasteiger partial charge in [-0.2, -0.15) is 0 Å². The summed E-state index contributed by atoms with van der Waals surface area (Å²) in [7, 11) is -0.442. The van der Waals surface area contributed by atoms with Crippen molar-refractivity contribution in [1.29, 1.82) is 0 Å². The molecular formula is C13H13F2P. The lowest BCUT2D eigenvalue weighted by molar-refractivity contribution is 0.586. The maximum Gasteiger partial charge on any atom is 0.123 e. The number of hydrogen-bond acceptors (Lipinski definition) is 0. The van der Waals surface area contributed by atoms with Crippen molar-refractivity contribution in [2.75, 3.05) is 6.66 Å². The first-order chi connectivity index (χ1) is 7.66. The molecule has 0 amide bonds. The van der Waals surface area contributed by atoms with Crippen molar-refractivity contribution < 1.29 is 8.78 Å². The van der Waals surface area contributed by atoms with Gasteiger partial charge in [0, 0.05) is 6.42 Å². The zero-order valence-corrected chi connectivity index (χ0v) is 9.98. The Morgan fingerprint density at radius 2 is 1.69 bits per heavy atom. The van der Waals surface area contributed by atoms with Gasteiger partial charge in [0.1, 0.15) is 11.6 Å². The molecule has 0 saturated heterocycles. The van der Waals surface area contributed by atoms with Gasteiger partial charge in [-0.1, -0.05) is 26.1 Å². The molecule has 0 spiro atoms. The van der Waals surface area contributed by atoms with E-state index >= 15 is 0 Å². The number of benzene rings is 1. The predicted molar refractivity (Wildman–Crippen MR) is 65.4 cm³/mol. The summed E-state index contributed by atoms with van der Waals surface area (Å²) in [5, 5.41) is 2.40. The van der Waals surface area contributed by atoms with Gasteiger partial charge in [-0.3, -0.25) is 0 Å². The van der Waals surface area contributed by atoms with Crippen molar-refractivity contribution in [2.24, 2.45) is 0 Å². The van der Waals surface area contributed by atoms with E-state index in [9.17, 15) is 8.78 Å². The molecule has 0 aromatic heterocycles. The highest BCUT2D eigenvalue weighted by Crippen LogP contribution is 2.44. The van der Waals surface area contributed by atoms with Gasteiger partial charge < -0.3 is 0 Å². The Morgan fingerprint density at radius 1 is 1.00 bits per heavy atom. The third-order valence-corrected chi connectivity index (χ3v) is 5.03. The normalized spacial score (nSPS) is 17.7. The Bertz CT molecular complexity index is 432. The van der Waals surface area contributed by atoms with Gasteiger partial charge in [0.2, 0.25) is 0 Å². The molecule has 0 nitrogen and oxygen atoms in total. The number of halogens is 2. The summed E-state index contributed by atoms with van der Waals surface area (Å²) in [6.07, 6.45) is 4.69. The first kappa shape index (κ1) is 11.5. The second kappa shape index (κ2) is 4.88. The Hall–Kier alpha value is -1.01. The van der Waals surface area contributed by atoms with E-state index in [0.29, 0.717) is 6.42 Å². The van der Waals surface area contributed by atoms with Crippen LogP contribution in [0.4, 0.5) is 8.78 Å². The fraction of sp³-hybridized carbons (Fsp3) is 0.231. The van der Waals surface area contributed by atoms with Crippen molar-refractivity contribution in [3.8, 4) is 0 Å². The minimum absolute atomic E-state index is 0.0498. The summed E-state index contributed by atoms with van der Waals surface area (Å²) in [5.74, 6) is -0.262. The lowest BCUT2D eigenvalue weighted by Crippen LogP contribution is -2.02. The van der Waals surface area contributed by atoms with E-state index in [1.54, 1.807) is 6.08 Å². The van der Waals surface area contributed by atoms with Crippen LogP contribution in [0.15, 0.2) is 47.6 Å². The van der Waals surface area contributed by atoms with Gasteiger partial charge in [0.05, 0.1) is 0 Å². The molecule has 0 bridgehead atoms. The summed E-state index contributed by atoms with van der Waals surface area (Å²) in [6, 6.07) is 6.59. The SMILES string of the molecule is CP(C1=CC=C(F)CC1)c1ccc(F)cc1. The fourth-order valence-corrected chi connectivity index (χ4v) is 3.38. The molecule has 0 N–H and O–H groups in total. The molecule has 16 heavy (non-hydrogen) atoms. The first-order valence-corrected chi connectivity index (χ1v) is 7.00. The average Bonchev–Trinajstić information content (AvgIpc) is 2.30. The predicted octanol–water partition coefficient (Wildman–Crippen LogP) is 4.09. The summed E-state index contributed by atoms with van der Waals surface area (Å²) in [6.45, 7) is 2.13. The van der Waals surface area contributed by atoms with Gasteiger partial charge in [-0.15, -0.1) is 0 Å². The van der Waals surface area contributed by atoms with E-state index in [1.807, 2.05) is 18.2 Å². The summed E-state index contributed by atoms with van der Waals surface area (Å²) in [5.41, 5.74) is 0. The molecule has 2 rings (SSSR count). The Balaban J connectivity index is 2.19. The molecular weight excluding hydrogens is 225 g/mol. The monoisotopic (exact) mass is 238 g/mol. The second-order valence-corrected chi connectivity index (χ2v) is 6.02. The second-order valence-electron chi connectivity index (χ2n) is 3.81. The van der Waals surface area contributed by atoms with Gasteiger partial charge in [-0.05, 0) is 41.9 Å². The first-order valence-electron chi connectivity index (χ1n) is 5.21. The van der Waals surface area contributed by atoms with Crippen LogP contribution in [0.25, 0.3) is 0 Å². The molecule has 0 radical (unpaired) electrons. The van der Waals surface area contributed by atoms with Crippen LogP contribution in [-0.2, 0) is 0 Å². The maximum atomic E-state index is 12.8. The van der Waals surface area contributed by atoms with Crippen molar-refractivity contribution >= 4 is 13.2 Å². The van der Waals surface area contributed by atoms with E-state index in [1.165, 1.54) is 17.4 Å². The smallest absolute Gasteiger partial charge is 0.123 e. The minimum Gasteiger partial charge on any atom is -0.212 e. The topological polar surface area (TPSA) is 0 Å². The molecule has 1 aliphatic carbocycles. The van der Waals surface area contributed by atoms with Crippen molar-refractivity contribution in [1.82, 2.24) is 0 Å². The van der Waals surface area contributed by atoms with Crippen molar-refractivity contribution in [3.63, 3.8) is 0 Å². The van der Waals surface area contributed by atoms with Crippen LogP contribution in [0.1, 0.15) is 12.8 Å². The van der Waals surface area contributed by atoms with Crippen molar-refractivity contribution in [2.45, 2.75) is 12.8 Å². The van der Waals surface area contributed by atoms with Crippen LogP contribution in [0.3, 0.4) is 0 Å². The molecule has 0 fully saturated rings. The van der Waals surface area contributed by atoms with Crippen LogP contribution in [0, 0.1) is 5.82 Å².